The third-order valence-corrected chi connectivity index (χ3v) is 6.71. The fourth-order valence-corrected chi connectivity index (χ4v) is 4.21. The van der Waals surface area contributed by atoms with Crippen LogP contribution in [-0.2, 0) is 4.79 Å². The first-order valence-corrected chi connectivity index (χ1v) is 12.1. The first-order chi connectivity index (χ1) is 16.8. The molecule has 3 rings (SSSR count). The summed E-state index contributed by atoms with van der Waals surface area (Å²) in [6, 6.07) is 7.46. The highest BCUT2D eigenvalue weighted by atomic mass is 35.5. The third kappa shape index (κ3) is 6.05. The SMILES string of the molecule is C/C=C/C/C(=C(\N=C(C)C(=N)c1ccc(Cl)c(C)c1N)C(=O)N1CCC(NC)C1)c1cccnc1. The second kappa shape index (κ2) is 11.9. The van der Waals surface area contributed by atoms with Gasteiger partial charge in [-0.05, 0) is 75.6 Å². The quantitative estimate of drug-likeness (QED) is 0.216. The molecule has 0 spiro atoms. The Bertz CT molecular complexity index is 1190. The van der Waals surface area contributed by atoms with Gasteiger partial charge in [0.1, 0.15) is 5.70 Å². The van der Waals surface area contributed by atoms with Crippen LogP contribution in [0.2, 0.25) is 5.02 Å². The Labute approximate surface area is 212 Å². The van der Waals surface area contributed by atoms with Crippen LogP contribution in [0.4, 0.5) is 5.69 Å². The summed E-state index contributed by atoms with van der Waals surface area (Å²) in [6.45, 7) is 6.75. The van der Waals surface area contributed by atoms with E-state index in [1.165, 1.54) is 0 Å². The van der Waals surface area contributed by atoms with Crippen LogP contribution in [0.25, 0.3) is 5.57 Å². The molecule has 0 radical (unpaired) electrons. The average molecular weight is 493 g/mol. The van der Waals surface area contributed by atoms with Crippen LogP contribution >= 0.6 is 11.6 Å². The summed E-state index contributed by atoms with van der Waals surface area (Å²) in [5, 5.41) is 12.6. The van der Waals surface area contributed by atoms with Gasteiger partial charge in [-0.2, -0.15) is 0 Å². The number of hydrogen-bond acceptors (Lipinski definition) is 6. The number of halogens is 1. The topological polar surface area (TPSA) is 107 Å². The van der Waals surface area contributed by atoms with Crippen molar-refractivity contribution in [2.45, 2.75) is 39.7 Å². The highest BCUT2D eigenvalue weighted by Crippen LogP contribution is 2.28. The largest absolute Gasteiger partial charge is 0.398 e. The highest BCUT2D eigenvalue weighted by molar-refractivity contribution is 6.48. The minimum Gasteiger partial charge on any atom is -0.398 e. The molecule has 1 saturated heterocycles. The fourth-order valence-electron chi connectivity index (χ4n) is 4.04. The Hall–Kier alpha value is -3.29. The predicted octanol–water partition coefficient (Wildman–Crippen LogP) is 4.65. The number of nitrogens with zero attached hydrogens (tertiary/aromatic N) is 3. The molecular weight excluding hydrogens is 460 g/mol. The fraction of sp³-hybridized carbons (Fsp3) is 0.333. The summed E-state index contributed by atoms with van der Waals surface area (Å²) >= 11 is 6.19. The molecule has 7 nitrogen and oxygen atoms in total. The van der Waals surface area contributed by atoms with Gasteiger partial charge in [0.2, 0.25) is 0 Å². The summed E-state index contributed by atoms with van der Waals surface area (Å²) in [4.78, 5) is 24.7. The number of likely N-dealkylation sites (N-methyl/N-ethyl adjacent to an activating group) is 1. The van der Waals surface area contributed by atoms with E-state index >= 15 is 0 Å². The van der Waals surface area contributed by atoms with Gasteiger partial charge in [-0.15, -0.1) is 0 Å². The van der Waals surface area contributed by atoms with E-state index in [2.05, 4.69) is 10.3 Å². The second-order valence-electron chi connectivity index (χ2n) is 8.57. The molecule has 1 aromatic heterocycles. The molecular formula is C27H33ClN6O. The van der Waals surface area contributed by atoms with E-state index in [1.54, 1.807) is 31.5 Å². The summed E-state index contributed by atoms with van der Waals surface area (Å²) < 4.78 is 0. The number of nitrogens with two attached hydrogens (primary N) is 1. The molecule has 1 aliphatic heterocycles. The van der Waals surface area contributed by atoms with Crippen molar-refractivity contribution in [2.24, 2.45) is 4.99 Å². The molecule has 0 aliphatic carbocycles. The zero-order valence-electron chi connectivity index (χ0n) is 20.7. The van der Waals surface area contributed by atoms with Crippen molar-refractivity contribution in [3.8, 4) is 0 Å². The minimum absolute atomic E-state index is 0.152. The van der Waals surface area contributed by atoms with Crippen molar-refractivity contribution in [1.82, 2.24) is 15.2 Å². The first-order valence-electron chi connectivity index (χ1n) is 11.7. The van der Waals surface area contributed by atoms with Crippen molar-refractivity contribution in [3.63, 3.8) is 0 Å². The smallest absolute Gasteiger partial charge is 0.272 e. The van der Waals surface area contributed by atoms with E-state index in [9.17, 15) is 4.79 Å². The molecule has 35 heavy (non-hydrogen) atoms. The van der Waals surface area contributed by atoms with Gasteiger partial charge in [-0.1, -0.05) is 29.8 Å². The number of rotatable bonds is 8. The zero-order chi connectivity index (χ0) is 25.5. The molecule has 1 aliphatic rings. The normalized spacial score (nSPS) is 17.1. The number of hydrogen-bond donors (Lipinski definition) is 3. The van der Waals surface area contributed by atoms with E-state index < -0.39 is 0 Å². The van der Waals surface area contributed by atoms with E-state index in [-0.39, 0.29) is 17.7 Å². The highest BCUT2D eigenvalue weighted by Gasteiger charge is 2.29. The predicted molar refractivity (Wildman–Crippen MR) is 145 cm³/mol. The lowest BCUT2D eigenvalue weighted by atomic mass is 9.99. The van der Waals surface area contributed by atoms with Crippen LogP contribution in [-0.4, -0.2) is 53.4 Å². The molecule has 2 aromatic rings. The number of anilines is 1. The van der Waals surface area contributed by atoms with Gasteiger partial charge in [0.25, 0.3) is 5.91 Å². The van der Waals surface area contributed by atoms with E-state index in [1.807, 2.05) is 50.1 Å². The number of nitrogen functional groups attached to an aromatic ring is 1. The Kier molecular flexibility index (Phi) is 8.95. The summed E-state index contributed by atoms with van der Waals surface area (Å²) in [5.41, 5.74) is 10.4. The number of carbonyl (C=O) groups excluding carboxylic acids is 1. The van der Waals surface area contributed by atoms with Gasteiger partial charge in [-0.3, -0.25) is 15.2 Å². The van der Waals surface area contributed by atoms with Crippen LogP contribution in [0.3, 0.4) is 0 Å². The van der Waals surface area contributed by atoms with Gasteiger partial charge < -0.3 is 16.0 Å². The van der Waals surface area contributed by atoms with Crippen LogP contribution in [0, 0.1) is 12.3 Å². The number of aliphatic imine (C=N–C) groups is 1. The van der Waals surface area contributed by atoms with Gasteiger partial charge in [-0.25, -0.2) is 4.99 Å². The van der Waals surface area contributed by atoms with E-state index in [0.29, 0.717) is 52.8 Å². The maximum atomic E-state index is 13.8. The van der Waals surface area contributed by atoms with Crippen molar-refractivity contribution in [3.05, 3.63) is 76.2 Å². The number of benzene rings is 1. The van der Waals surface area contributed by atoms with Crippen LogP contribution in [0.1, 0.15) is 43.4 Å². The van der Waals surface area contributed by atoms with Gasteiger partial charge in [0.15, 0.2) is 0 Å². The van der Waals surface area contributed by atoms with Gasteiger partial charge in [0, 0.05) is 47.8 Å². The minimum atomic E-state index is -0.154. The van der Waals surface area contributed by atoms with E-state index in [0.717, 1.165) is 17.6 Å². The number of aromatic nitrogens is 1. The molecule has 1 amide bonds. The molecule has 1 fully saturated rings. The molecule has 2 heterocycles. The molecule has 4 N–H and O–H groups in total. The number of pyridine rings is 1. The first kappa shape index (κ1) is 26.3. The summed E-state index contributed by atoms with van der Waals surface area (Å²) in [5.74, 6) is -0.154. The molecule has 184 valence electrons. The Morgan fingerprint density at radius 2 is 2.17 bits per heavy atom. The number of nitrogens with one attached hydrogen (secondary N) is 2. The standard InChI is InChI=1S/C27H33ClN6O/c1-5-6-9-21(19-8-7-13-32-15-19)26(27(35)34-14-12-20(16-34)31-4)33-18(3)25(30)22-10-11-23(28)17(2)24(22)29/h5-8,10-11,13,15,20,30-31H,9,12,14,16,29H2,1-4H3/b6-5+,26-21+,30-25?,33-18?. The summed E-state index contributed by atoms with van der Waals surface area (Å²) in [6.07, 6.45) is 8.77. The maximum absolute atomic E-state index is 13.8. The Morgan fingerprint density at radius 3 is 2.80 bits per heavy atom. The molecule has 1 atom stereocenters. The molecule has 0 saturated carbocycles. The summed E-state index contributed by atoms with van der Waals surface area (Å²) in [7, 11) is 1.91. The van der Waals surface area contributed by atoms with Gasteiger partial charge >= 0.3 is 0 Å². The number of amides is 1. The van der Waals surface area contributed by atoms with Crippen molar-refractivity contribution in [1.29, 1.82) is 5.41 Å². The lowest BCUT2D eigenvalue weighted by molar-refractivity contribution is -0.126. The number of carbonyl (C=O) groups is 1. The lowest BCUT2D eigenvalue weighted by Gasteiger charge is -2.20. The molecule has 8 heteroatoms. The van der Waals surface area contributed by atoms with Crippen molar-refractivity contribution < 1.29 is 4.79 Å². The number of likely N-dealkylation sites (tertiary alicyclic amines) is 1. The van der Waals surface area contributed by atoms with Crippen molar-refractivity contribution in [2.75, 3.05) is 25.9 Å². The molecule has 1 unspecified atom stereocenters. The monoisotopic (exact) mass is 492 g/mol. The molecule has 0 bridgehead atoms. The van der Waals surface area contributed by atoms with E-state index in [4.69, 9.17) is 27.7 Å². The van der Waals surface area contributed by atoms with Gasteiger partial charge in [0.05, 0.1) is 11.4 Å². The zero-order valence-corrected chi connectivity index (χ0v) is 21.5. The van der Waals surface area contributed by atoms with Crippen LogP contribution in [0.5, 0.6) is 0 Å². The van der Waals surface area contributed by atoms with Crippen LogP contribution in [0.15, 0.2) is 59.5 Å². The van der Waals surface area contributed by atoms with Crippen LogP contribution < -0.4 is 11.1 Å². The molecule has 1 aromatic carbocycles. The average Bonchev–Trinajstić information content (AvgIpc) is 3.36. The lowest BCUT2D eigenvalue weighted by Crippen LogP contribution is -2.34. The third-order valence-electron chi connectivity index (χ3n) is 6.30. The number of allylic oxidation sites excluding steroid dienone is 3. The maximum Gasteiger partial charge on any atom is 0.272 e. The Morgan fingerprint density at radius 1 is 1.40 bits per heavy atom. The van der Waals surface area contributed by atoms with Crippen molar-refractivity contribution >= 4 is 40.2 Å². The Balaban J connectivity index is 2.14. The second-order valence-corrected chi connectivity index (χ2v) is 8.98.